The fourth-order valence-electron chi connectivity index (χ4n) is 2.95. The summed E-state index contributed by atoms with van der Waals surface area (Å²) in [5.41, 5.74) is 2.30. The summed E-state index contributed by atoms with van der Waals surface area (Å²) in [7, 11) is 1.42. The maximum absolute atomic E-state index is 13.9. The Bertz CT molecular complexity index is 739. The predicted octanol–water partition coefficient (Wildman–Crippen LogP) is 2.65. The highest BCUT2D eigenvalue weighted by molar-refractivity contribution is 5.71. The van der Waals surface area contributed by atoms with E-state index >= 15 is 0 Å². The monoisotopic (exact) mass is 304 g/mol. The molecule has 1 N–H and O–H groups in total. The molecule has 0 saturated carbocycles. The summed E-state index contributed by atoms with van der Waals surface area (Å²) in [5, 5.41) is 9.15. The van der Waals surface area contributed by atoms with Crippen molar-refractivity contribution in [2.24, 2.45) is 5.92 Å². The summed E-state index contributed by atoms with van der Waals surface area (Å²) >= 11 is 0. The van der Waals surface area contributed by atoms with Crippen LogP contribution in [0.1, 0.15) is 17.9 Å². The number of methoxy groups -OCH3 is 1. The maximum atomic E-state index is 13.9. The maximum Gasteiger partial charge on any atom is 0.307 e. The Morgan fingerprint density at radius 1 is 1.50 bits per heavy atom. The topological polar surface area (TPSA) is 64.4 Å². The zero-order chi connectivity index (χ0) is 15.9. The first-order chi connectivity index (χ1) is 10.5. The lowest BCUT2D eigenvalue weighted by Crippen LogP contribution is -2.26. The van der Waals surface area contributed by atoms with Crippen LogP contribution in [0, 0.1) is 18.7 Å². The molecular formula is C16H17FN2O3. The van der Waals surface area contributed by atoms with Crippen LogP contribution in [-0.2, 0) is 17.8 Å². The molecule has 0 aliphatic carbocycles. The van der Waals surface area contributed by atoms with Crippen LogP contribution in [-0.4, -0.2) is 27.7 Å². The van der Waals surface area contributed by atoms with E-state index in [9.17, 15) is 9.18 Å². The van der Waals surface area contributed by atoms with Crippen molar-refractivity contribution in [2.75, 3.05) is 7.11 Å². The highest BCUT2D eigenvalue weighted by atomic mass is 19.1. The number of imidazole rings is 1. The molecule has 1 atom stereocenters. The van der Waals surface area contributed by atoms with Crippen molar-refractivity contribution in [3.63, 3.8) is 0 Å². The van der Waals surface area contributed by atoms with E-state index in [0.29, 0.717) is 30.6 Å². The van der Waals surface area contributed by atoms with E-state index in [2.05, 4.69) is 4.98 Å². The van der Waals surface area contributed by atoms with Crippen LogP contribution in [0.2, 0.25) is 0 Å². The number of hydrogen-bond donors (Lipinski definition) is 1. The first kappa shape index (κ1) is 14.6. The van der Waals surface area contributed by atoms with Crippen molar-refractivity contribution < 1.29 is 19.0 Å². The second-order valence-electron chi connectivity index (χ2n) is 5.49. The smallest absolute Gasteiger partial charge is 0.307 e. The van der Waals surface area contributed by atoms with Gasteiger partial charge in [0.15, 0.2) is 11.6 Å². The van der Waals surface area contributed by atoms with Gasteiger partial charge in [0.05, 0.1) is 18.7 Å². The lowest BCUT2D eigenvalue weighted by Gasteiger charge is -2.20. The average molecular weight is 304 g/mol. The average Bonchev–Trinajstić information content (AvgIpc) is 2.83. The molecule has 6 heteroatoms. The number of halogens is 1. The molecule has 3 rings (SSSR count). The molecule has 1 aliphatic rings. The Morgan fingerprint density at radius 2 is 2.27 bits per heavy atom. The van der Waals surface area contributed by atoms with Gasteiger partial charge >= 0.3 is 5.97 Å². The number of carbonyl (C=O) groups is 1. The minimum atomic E-state index is -0.788. The van der Waals surface area contributed by atoms with Gasteiger partial charge in [0.2, 0.25) is 0 Å². The van der Waals surface area contributed by atoms with E-state index in [-0.39, 0.29) is 5.75 Å². The van der Waals surface area contributed by atoms with Crippen LogP contribution < -0.4 is 4.74 Å². The van der Waals surface area contributed by atoms with Crippen molar-refractivity contribution in [1.29, 1.82) is 0 Å². The molecule has 0 amide bonds. The number of benzene rings is 1. The van der Waals surface area contributed by atoms with Crippen LogP contribution in [0.4, 0.5) is 4.39 Å². The lowest BCUT2D eigenvalue weighted by atomic mass is 9.98. The second-order valence-corrected chi connectivity index (χ2v) is 5.49. The van der Waals surface area contributed by atoms with Gasteiger partial charge in [-0.3, -0.25) is 4.79 Å². The number of nitrogens with zero attached hydrogens (tertiary/aromatic N) is 2. The SMILES string of the molecule is COc1ccc(-c2nc3n(c2C)CCC(C(=O)O)C3)cc1F. The molecule has 116 valence electrons. The summed E-state index contributed by atoms with van der Waals surface area (Å²) in [6.45, 7) is 2.55. The van der Waals surface area contributed by atoms with Crippen molar-refractivity contribution >= 4 is 5.97 Å². The number of fused-ring (bicyclic) bond motifs is 1. The van der Waals surface area contributed by atoms with E-state index < -0.39 is 17.7 Å². The highest BCUT2D eigenvalue weighted by Crippen LogP contribution is 2.31. The summed E-state index contributed by atoms with van der Waals surface area (Å²) in [6.07, 6.45) is 1.00. The fraction of sp³-hybridized carbons (Fsp3) is 0.375. The Hall–Kier alpha value is -2.37. The molecule has 5 nitrogen and oxygen atoms in total. The zero-order valence-corrected chi connectivity index (χ0v) is 12.5. The highest BCUT2D eigenvalue weighted by Gasteiger charge is 2.28. The number of rotatable bonds is 3. The first-order valence-corrected chi connectivity index (χ1v) is 7.14. The van der Waals surface area contributed by atoms with Crippen molar-refractivity contribution in [1.82, 2.24) is 9.55 Å². The molecule has 1 unspecified atom stereocenters. The summed E-state index contributed by atoms with van der Waals surface area (Å²) in [4.78, 5) is 15.7. The molecule has 0 spiro atoms. The Kier molecular flexibility index (Phi) is 3.60. The molecule has 0 fully saturated rings. The van der Waals surface area contributed by atoms with Crippen molar-refractivity contribution in [2.45, 2.75) is 26.3 Å². The second kappa shape index (κ2) is 5.44. The number of ether oxygens (including phenoxy) is 1. The summed E-state index contributed by atoms with van der Waals surface area (Å²) in [6, 6.07) is 4.73. The molecular weight excluding hydrogens is 287 g/mol. The third-order valence-electron chi connectivity index (χ3n) is 4.20. The number of hydrogen-bond acceptors (Lipinski definition) is 3. The van der Waals surface area contributed by atoms with Gasteiger partial charge in [-0.15, -0.1) is 0 Å². The minimum Gasteiger partial charge on any atom is -0.494 e. The van der Waals surface area contributed by atoms with Gasteiger partial charge in [0, 0.05) is 24.2 Å². The predicted molar refractivity (Wildman–Crippen MR) is 78.4 cm³/mol. The van der Waals surface area contributed by atoms with Gasteiger partial charge in [0.1, 0.15) is 5.82 Å². The minimum absolute atomic E-state index is 0.191. The molecule has 2 heterocycles. The third kappa shape index (κ3) is 2.34. The molecule has 1 aromatic carbocycles. The largest absolute Gasteiger partial charge is 0.494 e. The van der Waals surface area contributed by atoms with Gasteiger partial charge in [-0.25, -0.2) is 9.37 Å². The molecule has 0 bridgehead atoms. The van der Waals surface area contributed by atoms with Gasteiger partial charge in [-0.2, -0.15) is 0 Å². The fourth-order valence-corrected chi connectivity index (χ4v) is 2.95. The summed E-state index contributed by atoms with van der Waals surface area (Å²) in [5.74, 6) is -0.675. The van der Waals surface area contributed by atoms with E-state index in [0.717, 1.165) is 11.5 Å². The van der Waals surface area contributed by atoms with Crippen LogP contribution in [0.25, 0.3) is 11.3 Å². The molecule has 0 saturated heterocycles. The number of carboxylic acids is 1. The molecule has 0 radical (unpaired) electrons. The summed E-state index contributed by atoms with van der Waals surface area (Å²) < 4.78 is 20.8. The quantitative estimate of drug-likeness (QED) is 0.947. The van der Waals surface area contributed by atoms with E-state index in [1.807, 2.05) is 11.5 Å². The van der Waals surface area contributed by atoms with Crippen LogP contribution in [0.15, 0.2) is 18.2 Å². The van der Waals surface area contributed by atoms with Crippen LogP contribution in [0.5, 0.6) is 5.75 Å². The number of aliphatic carboxylic acids is 1. The Balaban J connectivity index is 2.00. The normalized spacial score (nSPS) is 17.1. The van der Waals surface area contributed by atoms with Crippen LogP contribution in [0.3, 0.4) is 0 Å². The first-order valence-electron chi connectivity index (χ1n) is 7.14. The van der Waals surface area contributed by atoms with E-state index in [1.165, 1.54) is 13.2 Å². The molecule has 1 aliphatic heterocycles. The third-order valence-corrected chi connectivity index (χ3v) is 4.20. The molecule has 2 aromatic rings. The Labute approximate surface area is 127 Å². The lowest BCUT2D eigenvalue weighted by molar-refractivity contribution is -0.142. The number of aromatic nitrogens is 2. The Morgan fingerprint density at radius 3 is 2.91 bits per heavy atom. The standard InChI is InChI=1S/C16H17FN2O3/c1-9-15(10-3-4-13(22-2)12(17)7-10)18-14-8-11(16(20)21)5-6-19(9)14/h3-4,7,11H,5-6,8H2,1-2H3,(H,20,21). The zero-order valence-electron chi connectivity index (χ0n) is 12.5. The van der Waals surface area contributed by atoms with E-state index in [1.54, 1.807) is 12.1 Å². The van der Waals surface area contributed by atoms with Gasteiger partial charge in [0.25, 0.3) is 0 Å². The van der Waals surface area contributed by atoms with E-state index in [4.69, 9.17) is 9.84 Å². The van der Waals surface area contributed by atoms with Gasteiger partial charge in [-0.05, 0) is 31.5 Å². The van der Waals surface area contributed by atoms with Crippen molar-refractivity contribution in [3.05, 3.63) is 35.5 Å². The van der Waals surface area contributed by atoms with Gasteiger partial charge < -0.3 is 14.4 Å². The van der Waals surface area contributed by atoms with Gasteiger partial charge in [-0.1, -0.05) is 0 Å². The van der Waals surface area contributed by atoms with Crippen molar-refractivity contribution in [3.8, 4) is 17.0 Å². The number of carboxylic acid groups (broad SMARTS) is 1. The molecule has 22 heavy (non-hydrogen) atoms. The van der Waals surface area contributed by atoms with Crippen LogP contribution >= 0.6 is 0 Å². The molecule has 1 aromatic heterocycles.